The summed E-state index contributed by atoms with van der Waals surface area (Å²) in [6, 6.07) is 0. The summed E-state index contributed by atoms with van der Waals surface area (Å²) in [5, 5.41) is 4.30. The van der Waals surface area contributed by atoms with Crippen LogP contribution in [0.5, 0.6) is 0 Å². The fraction of sp³-hybridized carbons (Fsp3) is 0.333. The van der Waals surface area contributed by atoms with Crippen LogP contribution >= 0.6 is 11.3 Å². The molecule has 0 fully saturated rings. The lowest BCUT2D eigenvalue weighted by Gasteiger charge is -2.04. The lowest BCUT2D eigenvalue weighted by Crippen LogP contribution is -2.14. The highest BCUT2D eigenvalue weighted by Crippen LogP contribution is 2.25. The second-order valence-corrected chi connectivity index (χ2v) is 6.45. The summed E-state index contributed by atoms with van der Waals surface area (Å²) in [6.07, 6.45) is 0. The first-order chi connectivity index (χ1) is 10.9. The van der Waals surface area contributed by atoms with Crippen LogP contribution in [-0.4, -0.2) is 21.1 Å². The van der Waals surface area contributed by atoms with E-state index in [0.29, 0.717) is 33.1 Å². The van der Waals surface area contributed by atoms with Gasteiger partial charge in [0, 0.05) is 4.88 Å². The third-order valence-electron chi connectivity index (χ3n) is 3.67. The van der Waals surface area contributed by atoms with Gasteiger partial charge in [-0.2, -0.15) is 0 Å². The van der Waals surface area contributed by atoms with Crippen LogP contribution in [0.4, 0.5) is 0 Å². The van der Waals surface area contributed by atoms with Crippen molar-refractivity contribution in [3.63, 3.8) is 0 Å². The van der Waals surface area contributed by atoms with Crippen molar-refractivity contribution in [2.45, 2.75) is 34.3 Å². The zero-order valence-corrected chi connectivity index (χ0v) is 14.0. The second kappa shape index (κ2) is 5.62. The van der Waals surface area contributed by atoms with Crippen molar-refractivity contribution in [2.24, 2.45) is 0 Å². The van der Waals surface area contributed by atoms with E-state index in [1.54, 1.807) is 13.8 Å². The second-order valence-electron chi connectivity index (χ2n) is 5.25. The Balaban J connectivity index is 1.85. The molecule has 0 aromatic carbocycles. The Kier molecular flexibility index (Phi) is 3.77. The smallest absolute Gasteiger partial charge is 0.344 e. The van der Waals surface area contributed by atoms with Gasteiger partial charge in [-0.25, -0.2) is 9.78 Å². The summed E-state index contributed by atoms with van der Waals surface area (Å²) in [7, 11) is 0. The normalized spacial score (nSPS) is 11.1. The van der Waals surface area contributed by atoms with Gasteiger partial charge in [0.25, 0.3) is 5.56 Å². The molecule has 7 nitrogen and oxygen atoms in total. The molecule has 3 aromatic heterocycles. The minimum Gasteiger partial charge on any atom is -0.454 e. The summed E-state index contributed by atoms with van der Waals surface area (Å²) < 4.78 is 10.1. The molecule has 0 saturated carbocycles. The third-order valence-corrected chi connectivity index (χ3v) is 4.77. The van der Waals surface area contributed by atoms with Crippen molar-refractivity contribution < 1.29 is 14.1 Å². The molecule has 0 amide bonds. The molecule has 0 bridgehead atoms. The molecule has 0 aliphatic heterocycles. The number of hydrogen-bond acceptors (Lipinski definition) is 7. The average Bonchev–Trinajstić information content (AvgIpc) is 2.97. The first kappa shape index (κ1) is 15.4. The van der Waals surface area contributed by atoms with Gasteiger partial charge in [0.1, 0.15) is 28.6 Å². The fourth-order valence-corrected chi connectivity index (χ4v) is 3.40. The molecular weight excluding hydrogens is 318 g/mol. The number of nitrogens with one attached hydrogen (secondary N) is 1. The highest BCUT2D eigenvalue weighted by Gasteiger charge is 2.19. The number of nitrogens with zero attached hydrogens (tertiary/aromatic N) is 2. The first-order valence-corrected chi connectivity index (χ1v) is 7.79. The Bertz CT molecular complexity index is 948. The van der Waals surface area contributed by atoms with Crippen LogP contribution in [0, 0.1) is 27.7 Å². The number of fused-ring (bicyclic) bond motifs is 1. The van der Waals surface area contributed by atoms with E-state index in [9.17, 15) is 9.59 Å². The minimum absolute atomic E-state index is 0.121. The van der Waals surface area contributed by atoms with Gasteiger partial charge in [-0.15, -0.1) is 11.3 Å². The highest BCUT2D eigenvalue weighted by molar-refractivity contribution is 7.18. The van der Waals surface area contributed by atoms with Crippen LogP contribution in [-0.2, 0) is 11.3 Å². The highest BCUT2D eigenvalue weighted by atomic mass is 32.1. The lowest BCUT2D eigenvalue weighted by molar-refractivity contribution is 0.0459. The number of aryl methyl sites for hydroxylation is 4. The predicted molar refractivity (Wildman–Crippen MR) is 84.8 cm³/mol. The Morgan fingerprint density at radius 3 is 2.70 bits per heavy atom. The van der Waals surface area contributed by atoms with Gasteiger partial charge in [0.05, 0.1) is 11.1 Å². The van der Waals surface area contributed by atoms with E-state index in [4.69, 9.17) is 9.26 Å². The number of hydrogen-bond donors (Lipinski definition) is 1. The van der Waals surface area contributed by atoms with Crippen molar-refractivity contribution in [1.82, 2.24) is 15.1 Å². The van der Waals surface area contributed by atoms with E-state index in [1.807, 2.05) is 13.8 Å². The number of aromatic nitrogens is 3. The van der Waals surface area contributed by atoms with Gasteiger partial charge in [-0.3, -0.25) is 4.79 Å². The SMILES string of the molecule is Cc1noc(C)c1C(=O)OCc1nc2sc(C)c(C)c2c(=O)[nH]1. The zero-order valence-electron chi connectivity index (χ0n) is 13.1. The first-order valence-electron chi connectivity index (χ1n) is 6.97. The molecule has 0 unspecified atom stereocenters. The Morgan fingerprint density at radius 1 is 1.30 bits per heavy atom. The average molecular weight is 333 g/mol. The summed E-state index contributed by atoms with van der Waals surface area (Å²) in [6.45, 7) is 7.01. The maximum atomic E-state index is 12.2. The monoisotopic (exact) mass is 333 g/mol. The van der Waals surface area contributed by atoms with E-state index in [-0.39, 0.29) is 12.2 Å². The van der Waals surface area contributed by atoms with Gasteiger partial charge in [0.15, 0.2) is 0 Å². The summed E-state index contributed by atoms with van der Waals surface area (Å²) in [5.74, 6) is 0.153. The number of esters is 1. The molecule has 0 aliphatic rings. The van der Waals surface area contributed by atoms with Crippen LogP contribution in [0.1, 0.15) is 38.1 Å². The molecular formula is C15H15N3O4S. The molecule has 0 aliphatic carbocycles. The van der Waals surface area contributed by atoms with E-state index < -0.39 is 5.97 Å². The molecule has 3 heterocycles. The van der Waals surface area contributed by atoms with Gasteiger partial charge in [0.2, 0.25) is 0 Å². The van der Waals surface area contributed by atoms with Crippen molar-refractivity contribution in [2.75, 3.05) is 0 Å². The van der Waals surface area contributed by atoms with Crippen molar-refractivity contribution >= 4 is 27.5 Å². The van der Waals surface area contributed by atoms with Crippen molar-refractivity contribution in [1.29, 1.82) is 0 Å². The summed E-state index contributed by atoms with van der Waals surface area (Å²) in [4.78, 5) is 33.0. The zero-order chi connectivity index (χ0) is 16.7. The maximum Gasteiger partial charge on any atom is 0.344 e. The maximum absolute atomic E-state index is 12.2. The molecule has 8 heteroatoms. The van der Waals surface area contributed by atoms with Crippen LogP contribution < -0.4 is 5.56 Å². The molecule has 0 atom stereocenters. The van der Waals surface area contributed by atoms with E-state index >= 15 is 0 Å². The van der Waals surface area contributed by atoms with E-state index in [2.05, 4.69) is 15.1 Å². The molecule has 3 aromatic rings. The predicted octanol–water partition coefficient (Wildman–Crippen LogP) is 2.56. The van der Waals surface area contributed by atoms with Crippen LogP contribution in [0.2, 0.25) is 0 Å². The standard InChI is InChI=1S/C15H15N3O4S/c1-6-9(4)23-14-11(6)13(19)16-10(17-14)5-21-15(20)12-7(2)18-22-8(12)3/h5H2,1-4H3,(H,16,17,19). The topological polar surface area (TPSA) is 98.1 Å². The molecule has 3 rings (SSSR count). The van der Waals surface area contributed by atoms with Crippen LogP contribution in [0.3, 0.4) is 0 Å². The van der Waals surface area contributed by atoms with Crippen molar-refractivity contribution in [3.05, 3.63) is 43.6 Å². The Hall–Kier alpha value is -2.48. The molecule has 23 heavy (non-hydrogen) atoms. The molecule has 0 radical (unpaired) electrons. The van der Waals surface area contributed by atoms with E-state index in [0.717, 1.165) is 10.4 Å². The van der Waals surface area contributed by atoms with Gasteiger partial charge >= 0.3 is 5.97 Å². The Morgan fingerprint density at radius 2 is 2.04 bits per heavy atom. The number of carbonyl (C=O) groups is 1. The lowest BCUT2D eigenvalue weighted by atomic mass is 10.2. The largest absolute Gasteiger partial charge is 0.454 e. The fourth-order valence-electron chi connectivity index (χ4n) is 2.35. The summed E-state index contributed by atoms with van der Waals surface area (Å²) in [5.41, 5.74) is 1.48. The minimum atomic E-state index is -0.553. The van der Waals surface area contributed by atoms with Gasteiger partial charge in [-0.05, 0) is 33.3 Å². The quantitative estimate of drug-likeness (QED) is 0.740. The van der Waals surface area contributed by atoms with Gasteiger partial charge in [-0.1, -0.05) is 5.16 Å². The number of rotatable bonds is 3. The molecule has 0 spiro atoms. The number of H-pyrrole nitrogens is 1. The number of thiophene rings is 1. The van der Waals surface area contributed by atoms with Crippen LogP contribution in [0.25, 0.3) is 10.2 Å². The molecule has 1 N–H and O–H groups in total. The number of carbonyl (C=O) groups excluding carboxylic acids is 1. The molecule has 0 saturated heterocycles. The Labute approximate surface area is 135 Å². The third kappa shape index (κ3) is 2.65. The number of aromatic amines is 1. The van der Waals surface area contributed by atoms with Crippen molar-refractivity contribution in [3.8, 4) is 0 Å². The number of ether oxygens (including phenoxy) is 1. The molecule has 120 valence electrons. The van der Waals surface area contributed by atoms with Crippen LogP contribution in [0.15, 0.2) is 9.32 Å². The van der Waals surface area contributed by atoms with Gasteiger partial charge < -0.3 is 14.2 Å². The van der Waals surface area contributed by atoms with E-state index in [1.165, 1.54) is 11.3 Å². The summed E-state index contributed by atoms with van der Waals surface area (Å²) >= 11 is 1.45.